The Balaban J connectivity index is 2.30. The van der Waals surface area contributed by atoms with Crippen LogP contribution in [0.25, 0.3) is 0 Å². The third-order valence-corrected chi connectivity index (χ3v) is 4.24. The van der Waals surface area contributed by atoms with Gasteiger partial charge >= 0.3 is 0 Å². The molecule has 2 aromatic rings. The summed E-state index contributed by atoms with van der Waals surface area (Å²) in [7, 11) is -3.93. The average Bonchev–Trinajstić information content (AvgIpc) is 2.90. The number of hydrogen-bond donors (Lipinski definition) is 3. The predicted octanol–water partition coefficient (Wildman–Crippen LogP) is 1.55. The highest BCUT2D eigenvalue weighted by Gasteiger charge is 2.19. The molecule has 0 aliphatic heterocycles. The Morgan fingerprint density at radius 3 is 2.76 bits per heavy atom. The number of sulfonamides is 1. The lowest BCUT2D eigenvalue weighted by molar-refractivity contribution is 0.595. The number of hydrogen-bond acceptors (Lipinski definition) is 4. The van der Waals surface area contributed by atoms with E-state index in [0.717, 1.165) is 6.07 Å². The summed E-state index contributed by atoms with van der Waals surface area (Å²) in [5.41, 5.74) is 5.51. The fourth-order valence-corrected chi connectivity index (χ4v) is 2.75. The first-order chi connectivity index (χ1) is 9.83. The van der Waals surface area contributed by atoms with Gasteiger partial charge in [-0.1, -0.05) is 19.1 Å². The Kier molecular flexibility index (Phi) is 4.24. The van der Waals surface area contributed by atoms with E-state index >= 15 is 0 Å². The SMILES string of the molecule is CCc1ncc(S(=O)(=O)Nc2ccc(C(N)=S)cc2F)[nH]1. The number of rotatable bonds is 5. The van der Waals surface area contributed by atoms with E-state index in [0.29, 0.717) is 17.8 Å². The van der Waals surface area contributed by atoms with Crippen LogP contribution in [0.3, 0.4) is 0 Å². The summed E-state index contributed by atoms with van der Waals surface area (Å²) in [6.07, 6.45) is 1.75. The first kappa shape index (κ1) is 15.4. The van der Waals surface area contributed by atoms with Gasteiger partial charge in [-0.15, -0.1) is 0 Å². The number of anilines is 1. The van der Waals surface area contributed by atoms with Crippen LogP contribution in [0.2, 0.25) is 0 Å². The summed E-state index contributed by atoms with van der Waals surface area (Å²) in [5, 5.41) is -0.128. The average molecular weight is 328 g/mol. The molecule has 9 heteroatoms. The molecule has 21 heavy (non-hydrogen) atoms. The number of thiocarbonyl (C=S) groups is 1. The Labute approximate surface area is 126 Å². The van der Waals surface area contributed by atoms with Gasteiger partial charge in [-0.3, -0.25) is 4.72 Å². The Bertz CT molecular complexity index is 786. The number of nitrogens with zero attached hydrogens (tertiary/aromatic N) is 1. The van der Waals surface area contributed by atoms with Gasteiger partial charge in [0.05, 0.1) is 11.9 Å². The molecule has 112 valence electrons. The number of imidazole rings is 1. The maximum atomic E-state index is 13.9. The fourth-order valence-electron chi connectivity index (χ4n) is 1.61. The Morgan fingerprint density at radius 1 is 1.52 bits per heavy atom. The lowest BCUT2D eigenvalue weighted by Crippen LogP contribution is -2.15. The van der Waals surface area contributed by atoms with Gasteiger partial charge in [-0.05, 0) is 18.2 Å². The van der Waals surface area contributed by atoms with Gasteiger partial charge in [-0.25, -0.2) is 9.37 Å². The second-order valence-corrected chi connectivity index (χ2v) is 6.30. The third kappa shape index (κ3) is 3.37. The summed E-state index contributed by atoms with van der Waals surface area (Å²) < 4.78 is 40.2. The molecule has 1 aromatic carbocycles. The maximum absolute atomic E-state index is 13.9. The van der Waals surface area contributed by atoms with Gasteiger partial charge in [0.2, 0.25) is 0 Å². The van der Waals surface area contributed by atoms with Crippen LogP contribution in [0.5, 0.6) is 0 Å². The normalized spacial score (nSPS) is 11.3. The number of H-pyrrole nitrogens is 1. The quantitative estimate of drug-likeness (QED) is 0.723. The van der Waals surface area contributed by atoms with Crippen molar-refractivity contribution in [2.45, 2.75) is 18.4 Å². The molecule has 4 N–H and O–H groups in total. The van der Waals surface area contributed by atoms with Crippen LogP contribution >= 0.6 is 12.2 Å². The minimum absolute atomic E-state index is 0.0319. The van der Waals surface area contributed by atoms with E-state index in [1.165, 1.54) is 18.3 Å². The largest absolute Gasteiger partial charge is 0.389 e. The summed E-state index contributed by atoms with van der Waals surface area (Å²) in [4.78, 5) is 6.58. The van der Waals surface area contributed by atoms with Crippen molar-refractivity contribution >= 4 is 32.9 Å². The molecular formula is C12H13FN4O2S2. The van der Waals surface area contributed by atoms with Crippen LogP contribution in [0.15, 0.2) is 29.4 Å². The van der Waals surface area contributed by atoms with E-state index in [-0.39, 0.29) is 15.7 Å². The molecule has 6 nitrogen and oxygen atoms in total. The molecule has 0 saturated carbocycles. The van der Waals surface area contributed by atoms with Gasteiger partial charge in [0.25, 0.3) is 10.0 Å². The number of halogens is 1. The van der Waals surface area contributed by atoms with E-state index in [9.17, 15) is 12.8 Å². The van der Waals surface area contributed by atoms with Gasteiger partial charge in [-0.2, -0.15) is 8.42 Å². The summed E-state index contributed by atoms with van der Waals surface area (Å²) in [6, 6.07) is 3.77. The van der Waals surface area contributed by atoms with Gasteiger partial charge in [0.1, 0.15) is 16.6 Å². The Hall–Kier alpha value is -2.00. The molecule has 0 atom stereocenters. The first-order valence-corrected chi connectivity index (χ1v) is 7.88. The van der Waals surface area contributed by atoms with Crippen LogP contribution in [0.1, 0.15) is 18.3 Å². The lowest BCUT2D eigenvalue weighted by atomic mass is 10.2. The van der Waals surface area contributed by atoms with Crippen LogP contribution < -0.4 is 10.5 Å². The van der Waals surface area contributed by atoms with Crippen molar-refractivity contribution in [2.24, 2.45) is 5.73 Å². The highest BCUT2D eigenvalue weighted by atomic mass is 32.2. The van der Waals surface area contributed by atoms with Gasteiger partial charge in [0.15, 0.2) is 5.03 Å². The van der Waals surface area contributed by atoms with Crippen molar-refractivity contribution in [1.29, 1.82) is 0 Å². The molecule has 0 bridgehead atoms. The topological polar surface area (TPSA) is 101 Å². The lowest BCUT2D eigenvalue weighted by Gasteiger charge is -2.08. The summed E-state index contributed by atoms with van der Waals surface area (Å²) in [5.74, 6) is -0.237. The van der Waals surface area contributed by atoms with Crippen molar-refractivity contribution in [2.75, 3.05) is 4.72 Å². The van der Waals surface area contributed by atoms with E-state index < -0.39 is 15.8 Å². The first-order valence-electron chi connectivity index (χ1n) is 5.99. The van der Waals surface area contributed by atoms with E-state index in [2.05, 4.69) is 14.7 Å². The monoisotopic (exact) mass is 328 g/mol. The minimum Gasteiger partial charge on any atom is -0.389 e. The molecule has 0 fully saturated rings. The zero-order valence-electron chi connectivity index (χ0n) is 11.1. The minimum atomic E-state index is -3.93. The van der Waals surface area contributed by atoms with Crippen molar-refractivity contribution in [3.63, 3.8) is 0 Å². The number of aromatic amines is 1. The highest BCUT2D eigenvalue weighted by Crippen LogP contribution is 2.19. The molecule has 0 spiro atoms. The van der Waals surface area contributed by atoms with Crippen LogP contribution in [0.4, 0.5) is 10.1 Å². The molecule has 1 heterocycles. The molecule has 0 aliphatic rings. The van der Waals surface area contributed by atoms with Crippen LogP contribution in [0, 0.1) is 5.82 Å². The maximum Gasteiger partial charge on any atom is 0.279 e. The molecule has 2 rings (SSSR count). The standard InChI is InChI=1S/C12H13FN4O2S2/c1-2-10-15-6-11(16-10)21(18,19)17-9-4-3-7(12(14)20)5-8(9)13/h3-6,17H,2H2,1H3,(H2,14,20)(H,15,16). The molecule has 0 amide bonds. The number of nitrogens with two attached hydrogens (primary N) is 1. The van der Waals surface area contributed by atoms with E-state index in [4.69, 9.17) is 18.0 Å². The number of benzene rings is 1. The number of aromatic nitrogens is 2. The second-order valence-electron chi connectivity index (χ2n) is 4.21. The molecule has 0 radical (unpaired) electrons. The molecule has 0 aliphatic carbocycles. The smallest absolute Gasteiger partial charge is 0.279 e. The van der Waals surface area contributed by atoms with Crippen molar-refractivity contribution < 1.29 is 12.8 Å². The second kappa shape index (κ2) is 5.78. The van der Waals surface area contributed by atoms with Gasteiger partial charge < -0.3 is 10.7 Å². The highest BCUT2D eigenvalue weighted by molar-refractivity contribution is 7.92. The van der Waals surface area contributed by atoms with Crippen LogP contribution in [-0.2, 0) is 16.4 Å². The molecule has 0 saturated heterocycles. The zero-order chi connectivity index (χ0) is 15.6. The van der Waals surface area contributed by atoms with Crippen LogP contribution in [-0.4, -0.2) is 23.4 Å². The summed E-state index contributed by atoms with van der Waals surface area (Å²) >= 11 is 4.73. The zero-order valence-corrected chi connectivity index (χ0v) is 12.7. The fraction of sp³-hybridized carbons (Fsp3) is 0.167. The molecular weight excluding hydrogens is 315 g/mol. The summed E-state index contributed by atoms with van der Waals surface area (Å²) in [6.45, 7) is 1.83. The van der Waals surface area contributed by atoms with E-state index in [1.807, 2.05) is 6.92 Å². The third-order valence-electron chi connectivity index (χ3n) is 2.73. The molecule has 0 unspecified atom stereocenters. The number of nitrogens with one attached hydrogen (secondary N) is 2. The van der Waals surface area contributed by atoms with Gasteiger partial charge in [0, 0.05) is 12.0 Å². The van der Waals surface area contributed by atoms with Crippen molar-refractivity contribution in [3.8, 4) is 0 Å². The van der Waals surface area contributed by atoms with Crippen molar-refractivity contribution in [3.05, 3.63) is 41.6 Å². The van der Waals surface area contributed by atoms with E-state index in [1.54, 1.807) is 0 Å². The Morgan fingerprint density at radius 2 is 2.24 bits per heavy atom. The molecule has 1 aromatic heterocycles. The predicted molar refractivity (Wildman–Crippen MR) is 81.1 cm³/mol. The number of aryl methyl sites for hydroxylation is 1. The van der Waals surface area contributed by atoms with Crippen molar-refractivity contribution in [1.82, 2.24) is 9.97 Å².